The van der Waals surface area contributed by atoms with Crippen LogP contribution in [0, 0.1) is 0 Å². The summed E-state index contributed by atoms with van der Waals surface area (Å²) in [5.74, 6) is 0. The summed E-state index contributed by atoms with van der Waals surface area (Å²) in [5.41, 5.74) is 0.0161. The van der Waals surface area contributed by atoms with Gasteiger partial charge in [-0.3, -0.25) is 0 Å². The van der Waals surface area contributed by atoms with Crippen LogP contribution in [0.5, 0.6) is 0 Å². The minimum atomic E-state index is -4.41. The van der Waals surface area contributed by atoms with Gasteiger partial charge >= 0.3 is 6.18 Å². The van der Waals surface area contributed by atoms with Crippen molar-refractivity contribution in [3.63, 3.8) is 0 Å². The van der Waals surface area contributed by atoms with Crippen LogP contribution >= 0.6 is 11.3 Å². The van der Waals surface area contributed by atoms with Gasteiger partial charge in [-0.2, -0.15) is 13.2 Å². The van der Waals surface area contributed by atoms with Crippen molar-refractivity contribution in [2.75, 3.05) is 0 Å². The number of alkyl halides is 3. The van der Waals surface area contributed by atoms with Crippen LogP contribution in [-0.2, 0) is 16.2 Å². The van der Waals surface area contributed by atoms with E-state index < -0.39 is 21.8 Å². The fraction of sp³-hybridized carbons (Fsp3) is 0.0769. The van der Waals surface area contributed by atoms with Gasteiger partial charge in [0.05, 0.1) is 22.3 Å². The Labute approximate surface area is 138 Å². The fourth-order valence-electron chi connectivity index (χ4n) is 1.92. The summed E-state index contributed by atoms with van der Waals surface area (Å²) in [6, 6.07) is 7.32. The van der Waals surface area contributed by atoms with Crippen LogP contribution in [0.2, 0.25) is 0 Å². The molecule has 0 fully saturated rings. The Morgan fingerprint density at radius 1 is 1.08 bits per heavy atom. The lowest BCUT2D eigenvalue weighted by Gasteiger charge is -2.07. The second-order valence-corrected chi connectivity index (χ2v) is 7.63. The molecule has 0 aliphatic heterocycles. The maximum Gasteiger partial charge on any atom is 0.416 e. The van der Waals surface area contributed by atoms with Crippen molar-refractivity contribution >= 4 is 21.4 Å². The first-order chi connectivity index (χ1) is 11.1. The zero-order valence-corrected chi connectivity index (χ0v) is 13.4. The minimum Gasteiger partial charge on any atom is -0.224 e. The van der Waals surface area contributed by atoms with E-state index in [1.807, 2.05) is 0 Å². The van der Waals surface area contributed by atoms with Gasteiger partial charge in [-0.25, -0.2) is 18.2 Å². The molecule has 24 heavy (non-hydrogen) atoms. The predicted molar refractivity (Wildman–Crippen MR) is 81.0 cm³/mol. The quantitative estimate of drug-likeness (QED) is 0.763. The average molecular weight is 374 g/mol. The van der Waals surface area contributed by atoms with E-state index in [-0.39, 0.29) is 4.21 Å². The van der Waals surface area contributed by atoms with E-state index in [9.17, 15) is 21.6 Å². The summed E-state index contributed by atoms with van der Waals surface area (Å²) in [6.45, 7) is 0. The topological polar surface area (TPSA) is 90.9 Å². The van der Waals surface area contributed by atoms with E-state index in [2.05, 4.69) is 10.3 Å². The molecule has 0 aliphatic carbocycles. The number of thiophene rings is 1. The van der Waals surface area contributed by atoms with Crippen molar-refractivity contribution < 1.29 is 21.6 Å². The van der Waals surface area contributed by atoms with Crippen LogP contribution in [0.25, 0.3) is 16.3 Å². The standard InChI is InChI=1S/C13H9F3N4O2S2/c14-13(15,16)8-1-3-9(4-2-8)20-7-10(18-19-20)11-5-6-12(23-11)24(17,21)22/h1-7H,(H2,17,21,22). The van der Waals surface area contributed by atoms with Crippen molar-refractivity contribution in [3.8, 4) is 16.3 Å². The highest BCUT2D eigenvalue weighted by molar-refractivity contribution is 7.91. The first-order valence-electron chi connectivity index (χ1n) is 6.37. The molecule has 0 aliphatic rings. The van der Waals surface area contributed by atoms with Crippen molar-refractivity contribution in [1.29, 1.82) is 0 Å². The predicted octanol–water partition coefficient (Wildman–Crippen LogP) is 2.66. The monoisotopic (exact) mass is 374 g/mol. The third kappa shape index (κ3) is 3.32. The van der Waals surface area contributed by atoms with E-state index in [4.69, 9.17) is 5.14 Å². The number of sulfonamides is 1. The molecule has 2 N–H and O–H groups in total. The van der Waals surface area contributed by atoms with Gasteiger partial charge in [0.15, 0.2) is 0 Å². The maximum atomic E-state index is 12.6. The summed E-state index contributed by atoms with van der Waals surface area (Å²) < 4.78 is 61.5. The number of benzene rings is 1. The maximum absolute atomic E-state index is 12.6. The fourth-order valence-corrected chi connectivity index (χ4v) is 3.60. The van der Waals surface area contributed by atoms with Gasteiger partial charge in [-0.15, -0.1) is 16.4 Å². The number of halogens is 3. The summed E-state index contributed by atoms with van der Waals surface area (Å²) in [5, 5.41) is 12.8. The number of aromatic nitrogens is 3. The number of hydrogen-bond donors (Lipinski definition) is 1. The molecule has 11 heteroatoms. The summed E-state index contributed by atoms with van der Waals surface area (Å²) in [7, 11) is -3.80. The molecule has 0 saturated heterocycles. The molecule has 0 bridgehead atoms. The second-order valence-electron chi connectivity index (χ2n) is 4.76. The van der Waals surface area contributed by atoms with Gasteiger partial charge in [0.2, 0.25) is 10.0 Å². The summed E-state index contributed by atoms with van der Waals surface area (Å²) in [6.07, 6.45) is -2.92. The molecule has 0 atom stereocenters. The molecule has 2 aromatic heterocycles. The molecule has 3 aromatic rings. The van der Waals surface area contributed by atoms with Crippen molar-refractivity contribution in [2.45, 2.75) is 10.4 Å². The van der Waals surface area contributed by atoms with Crippen molar-refractivity contribution in [3.05, 3.63) is 48.2 Å². The van der Waals surface area contributed by atoms with Gasteiger partial charge < -0.3 is 0 Å². The van der Waals surface area contributed by atoms with Crippen LogP contribution in [-0.4, -0.2) is 23.4 Å². The normalized spacial score (nSPS) is 12.5. The molecule has 3 rings (SSSR count). The zero-order valence-electron chi connectivity index (χ0n) is 11.7. The Bertz CT molecular complexity index is 975. The van der Waals surface area contributed by atoms with Crippen molar-refractivity contribution in [1.82, 2.24) is 15.0 Å². The minimum absolute atomic E-state index is 0.0124. The molecule has 2 heterocycles. The molecule has 126 valence electrons. The lowest BCUT2D eigenvalue weighted by molar-refractivity contribution is -0.137. The average Bonchev–Trinajstić information content (AvgIpc) is 3.15. The van der Waals surface area contributed by atoms with E-state index >= 15 is 0 Å². The molecule has 6 nitrogen and oxygen atoms in total. The first kappa shape index (κ1) is 16.6. The van der Waals surface area contributed by atoms with E-state index in [0.717, 1.165) is 23.5 Å². The number of nitrogens with two attached hydrogens (primary N) is 1. The molecule has 0 saturated carbocycles. The zero-order chi connectivity index (χ0) is 17.5. The molecule has 0 spiro atoms. The van der Waals surface area contributed by atoms with E-state index in [1.54, 1.807) is 0 Å². The molecule has 0 unspecified atom stereocenters. The molecule has 1 aromatic carbocycles. The Hall–Kier alpha value is -2.24. The summed E-state index contributed by atoms with van der Waals surface area (Å²) >= 11 is 0.930. The third-order valence-corrected chi connectivity index (χ3v) is 5.61. The largest absolute Gasteiger partial charge is 0.416 e. The van der Waals surface area contributed by atoms with Gasteiger partial charge in [-0.1, -0.05) is 5.21 Å². The first-order valence-corrected chi connectivity index (χ1v) is 8.74. The van der Waals surface area contributed by atoms with E-state index in [1.165, 1.54) is 35.1 Å². The Morgan fingerprint density at radius 2 is 1.75 bits per heavy atom. The SMILES string of the molecule is NS(=O)(=O)c1ccc(-c2cn(-c3ccc(C(F)(F)F)cc3)nn2)s1. The molecular weight excluding hydrogens is 365 g/mol. The van der Waals surface area contributed by atoms with Crippen LogP contribution < -0.4 is 5.14 Å². The van der Waals surface area contributed by atoms with Gasteiger partial charge in [0, 0.05) is 0 Å². The van der Waals surface area contributed by atoms with Gasteiger partial charge in [0.25, 0.3) is 0 Å². The van der Waals surface area contributed by atoms with Crippen LogP contribution in [0.3, 0.4) is 0 Å². The Kier molecular flexibility index (Phi) is 3.94. The number of primary sulfonamides is 1. The Balaban J connectivity index is 1.89. The highest BCUT2D eigenvalue weighted by Crippen LogP contribution is 2.31. The number of rotatable bonds is 3. The van der Waals surface area contributed by atoms with Crippen LogP contribution in [0.4, 0.5) is 13.2 Å². The highest BCUT2D eigenvalue weighted by atomic mass is 32.2. The lowest BCUT2D eigenvalue weighted by atomic mass is 10.2. The van der Waals surface area contributed by atoms with Gasteiger partial charge in [0.1, 0.15) is 9.90 Å². The second kappa shape index (κ2) is 5.69. The van der Waals surface area contributed by atoms with Crippen LogP contribution in [0.15, 0.2) is 46.8 Å². The summed E-state index contributed by atoms with van der Waals surface area (Å²) in [4.78, 5) is 0.525. The van der Waals surface area contributed by atoms with Crippen molar-refractivity contribution in [2.24, 2.45) is 5.14 Å². The molecule has 0 amide bonds. The highest BCUT2D eigenvalue weighted by Gasteiger charge is 2.30. The van der Waals surface area contributed by atoms with Crippen LogP contribution in [0.1, 0.15) is 5.56 Å². The lowest BCUT2D eigenvalue weighted by Crippen LogP contribution is -2.09. The van der Waals surface area contributed by atoms with Gasteiger partial charge in [-0.05, 0) is 36.4 Å². The molecule has 0 radical (unpaired) electrons. The Morgan fingerprint density at radius 3 is 2.29 bits per heavy atom. The smallest absolute Gasteiger partial charge is 0.224 e. The number of hydrogen-bond acceptors (Lipinski definition) is 5. The van der Waals surface area contributed by atoms with E-state index in [0.29, 0.717) is 16.3 Å². The molecular formula is C13H9F3N4O2S2. The number of nitrogens with zero attached hydrogens (tertiary/aromatic N) is 3. The third-order valence-electron chi connectivity index (χ3n) is 3.07.